The number of halogens is 3. The molecule has 0 saturated heterocycles. The van der Waals surface area contributed by atoms with Gasteiger partial charge in [-0.05, 0) is 6.07 Å². The van der Waals surface area contributed by atoms with Gasteiger partial charge >= 0.3 is 0 Å². The van der Waals surface area contributed by atoms with Gasteiger partial charge in [-0.15, -0.1) is 0 Å². The van der Waals surface area contributed by atoms with Crippen molar-refractivity contribution in [1.82, 2.24) is 4.98 Å². The van der Waals surface area contributed by atoms with Crippen molar-refractivity contribution in [3.63, 3.8) is 0 Å². The molecule has 1 aromatic heterocycles. The Bertz CT molecular complexity index is 415. The van der Waals surface area contributed by atoms with E-state index in [1.807, 2.05) is 0 Å². The Labute approximate surface area is 82.9 Å². The summed E-state index contributed by atoms with van der Waals surface area (Å²) in [5.74, 6) is 0. The first-order chi connectivity index (χ1) is 6.60. The van der Waals surface area contributed by atoms with Crippen LogP contribution in [0, 0.1) is 11.3 Å². The molecule has 0 radical (unpaired) electrons. The lowest BCUT2D eigenvalue weighted by molar-refractivity contribution is 0.112. The van der Waals surface area contributed by atoms with Crippen molar-refractivity contribution >= 4 is 17.9 Å². The summed E-state index contributed by atoms with van der Waals surface area (Å²) in [5, 5.41) is 8.03. The highest BCUT2D eigenvalue weighted by atomic mass is 35.5. The Hall–Kier alpha value is -1.54. The van der Waals surface area contributed by atoms with E-state index in [4.69, 9.17) is 16.9 Å². The number of hydrogen-bond acceptors (Lipinski definition) is 3. The molecule has 0 fully saturated rings. The van der Waals surface area contributed by atoms with Crippen molar-refractivity contribution in [1.29, 1.82) is 5.26 Å². The second kappa shape index (κ2) is 4.11. The molecule has 14 heavy (non-hydrogen) atoms. The molecule has 0 spiro atoms. The summed E-state index contributed by atoms with van der Waals surface area (Å²) >= 11 is 5.45. The van der Waals surface area contributed by atoms with Crippen LogP contribution in [0.3, 0.4) is 0 Å². The molecule has 0 aliphatic carbocycles. The number of pyridine rings is 1. The van der Waals surface area contributed by atoms with Crippen LogP contribution in [0.4, 0.5) is 8.78 Å². The molecule has 1 rings (SSSR count). The highest BCUT2D eigenvalue weighted by molar-refractivity contribution is 6.33. The lowest BCUT2D eigenvalue weighted by Crippen LogP contribution is -1.98. The number of aromatic nitrogens is 1. The first-order valence-corrected chi connectivity index (χ1v) is 3.81. The number of aldehydes is 1. The minimum atomic E-state index is -2.91. The molecule has 0 aliphatic rings. The smallest absolute Gasteiger partial charge is 0.281 e. The van der Waals surface area contributed by atoms with Crippen LogP contribution in [0.15, 0.2) is 6.07 Å². The third-order valence-corrected chi connectivity index (χ3v) is 1.87. The number of nitriles is 1. The Morgan fingerprint density at radius 2 is 2.29 bits per heavy atom. The van der Waals surface area contributed by atoms with Gasteiger partial charge in [-0.2, -0.15) is 5.26 Å². The van der Waals surface area contributed by atoms with Gasteiger partial charge in [0.05, 0.1) is 5.02 Å². The monoisotopic (exact) mass is 216 g/mol. The van der Waals surface area contributed by atoms with Gasteiger partial charge in [0.25, 0.3) is 6.43 Å². The van der Waals surface area contributed by atoms with E-state index in [0.29, 0.717) is 6.29 Å². The molecule has 3 nitrogen and oxygen atoms in total. The molecule has 72 valence electrons. The third kappa shape index (κ3) is 1.86. The second-order valence-corrected chi connectivity index (χ2v) is 2.70. The fourth-order valence-electron chi connectivity index (χ4n) is 0.857. The largest absolute Gasteiger partial charge is 0.298 e. The van der Waals surface area contributed by atoms with Crippen LogP contribution >= 0.6 is 11.6 Å². The van der Waals surface area contributed by atoms with E-state index < -0.39 is 17.1 Å². The average molecular weight is 217 g/mol. The Morgan fingerprint density at radius 1 is 1.64 bits per heavy atom. The summed E-state index contributed by atoms with van der Waals surface area (Å²) in [4.78, 5) is 13.7. The van der Waals surface area contributed by atoms with E-state index in [2.05, 4.69) is 4.98 Å². The summed E-state index contributed by atoms with van der Waals surface area (Å²) in [6.45, 7) is 0. The molecule has 1 heterocycles. The first kappa shape index (κ1) is 10.5. The molecular weight excluding hydrogens is 214 g/mol. The fourth-order valence-corrected chi connectivity index (χ4v) is 1.08. The maximum absolute atomic E-state index is 12.3. The van der Waals surface area contributed by atoms with E-state index in [1.54, 1.807) is 6.07 Å². The SMILES string of the molecule is N#Cc1cc(C=O)c(Cl)c(C(F)F)n1. The average Bonchev–Trinajstić information content (AvgIpc) is 2.17. The highest BCUT2D eigenvalue weighted by Gasteiger charge is 2.18. The number of nitrogens with zero attached hydrogens (tertiary/aromatic N) is 2. The molecule has 0 saturated carbocycles. The quantitative estimate of drug-likeness (QED) is 0.713. The Balaban J connectivity index is 3.43. The minimum Gasteiger partial charge on any atom is -0.298 e. The molecular formula is C8H3ClF2N2O. The topological polar surface area (TPSA) is 53.8 Å². The molecule has 0 bridgehead atoms. The van der Waals surface area contributed by atoms with E-state index in [0.717, 1.165) is 6.07 Å². The zero-order valence-corrected chi connectivity index (χ0v) is 7.42. The predicted molar refractivity (Wildman–Crippen MR) is 44.3 cm³/mol. The van der Waals surface area contributed by atoms with Gasteiger partial charge in [0.15, 0.2) is 6.29 Å². The van der Waals surface area contributed by atoms with Crippen LogP contribution in [0.5, 0.6) is 0 Å². The van der Waals surface area contributed by atoms with Crippen molar-refractivity contribution in [3.8, 4) is 6.07 Å². The van der Waals surface area contributed by atoms with Crippen LogP contribution in [-0.2, 0) is 0 Å². The van der Waals surface area contributed by atoms with E-state index in [-0.39, 0.29) is 11.3 Å². The molecule has 1 aromatic rings. The van der Waals surface area contributed by atoms with Crippen molar-refractivity contribution in [2.24, 2.45) is 0 Å². The van der Waals surface area contributed by atoms with Gasteiger partial charge < -0.3 is 0 Å². The minimum absolute atomic E-state index is 0.159. The second-order valence-electron chi connectivity index (χ2n) is 2.33. The van der Waals surface area contributed by atoms with Gasteiger partial charge in [0.1, 0.15) is 17.5 Å². The zero-order valence-electron chi connectivity index (χ0n) is 6.67. The van der Waals surface area contributed by atoms with Crippen LogP contribution < -0.4 is 0 Å². The van der Waals surface area contributed by atoms with Crippen LogP contribution in [0.25, 0.3) is 0 Å². The van der Waals surface area contributed by atoms with Gasteiger partial charge in [-0.1, -0.05) is 11.6 Å². The number of carbonyl (C=O) groups excluding carboxylic acids is 1. The van der Waals surface area contributed by atoms with Crippen LogP contribution in [0.2, 0.25) is 5.02 Å². The van der Waals surface area contributed by atoms with Gasteiger partial charge in [0.2, 0.25) is 0 Å². The van der Waals surface area contributed by atoms with Gasteiger partial charge in [0, 0.05) is 5.56 Å². The van der Waals surface area contributed by atoms with Crippen molar-refractivity contribution in [3.05, 3.63) is 28.0 Å². The van der Waals surface area contributed by atoms with Crippen LogP contribution in [-0.4, -0.2) is 11.3 Å². The fraction of sp³-hybridized carbons (Fsp3) is 0.125. The molecule has 0 amide bonds. The van der Waals surface area contributed by atoms with Gasteiger partial charge in [-0.25, -0.2) is 13.8 Å². The lowest BCUT2D eigenvalue weighted by atomic mass is 10.2. The summed E-state index contributed by atoms with van der Waals surface area (Å²) in [6.07, 6.45) is -2.61. The number of hydrogen-bond donors (Lipinski definition) is 0. The zero-order chi connectivity index (χ0) is 10.7. The summed E-state index contributed by atoms with van der Waals surface area (Å²) in [5.41, 5.74) is -1.16. The third-order valence-electron chi connectivity index (χ3n) is 1.46. The van der Waals surface area contributed by atoms with Crippen molar-refractivity contribution in [2.45, 2.75) is 6.43 Å². The van der Waals surface area contributed by atoms with E-state index in [9.17, 15) is 13.6 Å². The van der Waals surface area contributed by atoms with Crippen molar-refractivity contribution < 1.29 is 13.6 Å². The standard InChI is InChI=1S/C8H3ClF2N2O/c9-6-4(3-14)1-5(2-12)13-7(6)8(10)11/h1,3,8H. The molecule has 0 N–H and O–H groups in total. The summed E-state index contributed by atoms with van der Waals surface area (Å²) in [6, 6.07) is 2.62. The van der Waals surface area contributed by atoms with Gasteiger partial charge in [-0.3, -0.25) is 4.79 Å². The molecule has 0 unspecified atom stereocenters. The van der Waals surface area contributed by atoms with Crippen LogP contribution in [0.1, 0.15) is 28.2 Å². The molecule has 0 atom stereocenters. The lowest BCUT2D eigenvalue weighted by Gasteiger charge is -2.04. The maximum Gasteiger partial charge on any atom is 0.281 e. The molecule has 0 aromatic carbocycles. The number of rotatable bonds is 2. The number of carbonyl (C=O) groups is 1. The Morgan fingerprint density at radius 3 is 2.71 bits per heavy atom. The van der Waals surface area contributed by atoms with Crippen molar-refractivity contribution in [2.75, 3.05) is 0 Å². The Kier molecular flexibility index (Phi) is 3.10. The molecule has 0 aliphatic heterocycles. The normalized spacial score (nSPS) is 9.93. The van der Waals surface area contributed by atoms with E-state index in [1.165, 1.54) is 0 Å². The summed E-state index contributed by atoms with van der Waals surface area (Å²) < 4.78 is 24.6. The predicted octanol–water partition coefficient (Wildman–Crippen LogP) is 2.36. The van der Waals surface area contributed by atoms with E-state index >= 15 is 0 Å². The highest BCUT2D eigenvalue weighted by Crippen LogP contribution is 2.27. The number of alkyl halides is 2. The molecule has 6 heteroatoms. The maximum atomic E-state index is 12.3. The first-order valence-electron chi connectivity index (χ1n) is 3.44. The summed E-state index contributed by atoms with van der Waals surface area (Å²) in [7, 11) is 0.